The van der Waals surface area contributed by atoms with Gasteiger partial charge in [-0.15, -0.1) is 11.3 Å². The minimum atomic E-state index is -0.109. The van der Waals surface area contributed by atoms with Gasteiger partial charge >= 0.3 is 0 Å². The molecule has 0 saturated heterocycles. The molecule has 3 aromatic rings. The number of H-pyrrole nitrogens is 1. The van der Waals surface area contributed by atoms with Crippen molar-refractivity contribution < 1.29 is 9.53 Å². The highest BCUT2D eigenvalue weighted by Crippen LogP contribution is 2.33. The fraction of sp³-hybridized carbons (Fsp3) is 0.381. The summed E-state index contributed by atoms with van der Waals surface area (Å²) in [6.07, 6.45) is 4.97. The maximum Gasteiger partial charge on any atom is 0.259 e. The number of aromatic nitrogens is 2. The zero-order valence-electron chi connectivity index (χ0n) is 15.8. The number of rotatable bonds is 6. The number of aromatic amines is 1. The van der Waals surface area contributed by atoms with Gasteiger partial charge in [-0.05, 0) is 48.9 Å². The molecule has 146 valence electrons. The number of nitrogens with one attached hydrogen (secondary N) is 2. The van der Waals surface area contributed by atoms with Crippen LogP contribution in [0.2, 0.25) is 0 Å². The third kappa shape index (κ3) is 4.00. The average molecular weight is 398 g/mol. The van der Waals surface area contributed by atoms with Crippen LogP contribution in [0.1, 0.15) is 41.1 Å². The van der Waals surface area contributed by atoms with Gasteiger partial charge in [-0.3, -0.25) is 9.59 Å². The number of hydrogen-bond acceptors (Lipinski definition) is 5. The van der Waals surface area contributed by atoms with Crippen LogP contribution in [0.25, 0.3) is 10.2 Å². The van der Waals surface area contributed by atoms with Gasteiger partial charge in [-0.1, -0.05) is 12.1 Å². The number of carbonyl (C=O) groups excluding carboxylic acids is 1. The largest absolute Gasteiger partial charge is 0.380 e. The van der Waals surface area contributed by atoms with Gasteiger partial charge < -0.3 is 15.0 Å². The Morgan fingerprint density at radius 2 is 2.18 bits per heavy atom. The Bertz CT molecular complexity index is 1070. The van der Waals surface area contributed by atoms with E-state index in [2.05, 4.69) is 15.3 Å². The van der Waals surface area contributed by atoms with Crippen LogP contribution < -0.4 is 10.9 Å². The molecule has 6 nitrogen and oxygen atoms in total. The summed E-state index contributed by atoms with van der Waals surface area (Å²) in [7, 11) is 1.64. The number of hydrogen-bond donors (Lipinski definition) is 2. The van der Waals surface area contributed by atoms with Crippen LogP contribution >= 0.6 is 11.3 Å². The molecule has 2 heterocycles. The van der Waals surface area contributed by atoms with E-state index in [-0.39, 0.29) is 17.9 Å². The normalized spacial score (nSPS) is 13.5. The van der Waals surface area contributed by atoms with E-state index in [9.17, 15) is 9.59 Å². The molecule has 0 saturated carbocycles. The fourth-order valence-electron chi connectivity index (χ4n) is 3.69. The van der Waals surface area contributed by atoms with Crippen LogP contribution in [0.4, 0.5) is 5.69 Å². The lowest BCUT2D eigenvalue weighted by atomic mass is 9.97. The van der Waals surface area contributed by atoms with E-state index in [0.717, 1.165) is 40.7 Å². The monoisotopic (exact) mass is 397 g/mol. The van der Waals surface area contributed by atoms with Gasteiger partial charge in [0.25, 0.3) is 5.56 Å². The number of aryl methyl sites for hydroxylation is 3. The fourth-order valence-corrected chi connectivity index (χ4v) is 4.97. The van der Waals surface area contributed by atoms with Crippen molar-refractivity contribution in [3.63, 3.8) is 0 Å². The highest BCUT2D eigenvalue weighted by molar-refractivity contribution is 7.18. The number of carbonyl (C=O) groups is 1. The molecule has 0 fully saturated rings. The van der Waals surface area contributed by atoms with Crippen molar-refractivity contribution in [2.75, 3.05) is 12.4 Å². The highest BCUT2D eigenvalue weighted by Gasteiger charge is 2.19. The molecule has 28 heavy (non-hydrogen) atoms. The number of benzene rings is 1. The van der Waals surface area contributed by atoms with Crippen molar-refractivity contribution in [3.8, 4) is 0 Å². The van der Waals surface area contributed by atoms with Crippen LogP contribution in [0.3, 0.4) is 0 Å². The van der Waals surface area contributed by atoms with Crippen molar-refractivity contribution in [2.45, 2.75) is 45.1 Å². The quantitative estimate of drug-likeness (QED) is 0.666. The van der Waals surface area contributed by atoms with Crippen molar-refractivity contribution in [2.24, 2.45) is 0 Å². The van der Waals surface area contributed by atoms with Crippen LogP contribution in [0, 0.1) is 0 Å². The second-order valence-electron chi connectivity index (χ2n) is 7.09. The Morgan fingerprint density at radius 3 is 3.04 bits per heavy atom. The molecule has 1 aliphatic carbocycles. The number of thiophene rings is 1. The number of methoxy groups -OCH3 is 1. The first-order valence-electron chi connectivity index (χ1n) is 9.55. The molecule has 2 N–H and O–H groups in total. The predicted molar refractivity (Wildman–Crippen MR) is 111 cm³/mol. The molecule has 0 aliphatic heterocycles. The van der Waals surface area contributed by atoms with Gasteiger partial charge in [0.2, 0.25) is 5.91 Å². The number of nitrogens with zero attached hydrogens (tertiary/aromatic N) is 1. The number of ether oxygens (including phenoxy) is 1. The predicted octanol–water partition coefficient (Wildman–Crippen LogP) is 3.58. The SMILES string of the molecule is COCc1cccc(NC(=O)CCc2nc3sc4c(c3c(=O)[nH]2)CCCC4)c1. The Morgan fingerprint density at radius 1 is 1.32 bits per heavy atom. The van der Waals surface area contributed by atoms with Crippen molar-refractivity contribution in [1.29, 1.82) is 0 Å². The van der Waals surface area contributed by atoms with E-state index in [0.29, 0.717) is 18.9 Å². The summed E-state index contributed by atoms with van der Waals surface area (Å²) in [5.41, 5.74) is 2.84. The topological polar surface area (TPSA) is 84.1 Å². The van der Waals surface area contributed by atoms with Gasteiger partial charge in [0, 0.05) is 30.5 Å². The Hall–Kier alpha value is -2.51. The molecule has 7 heteroatoms. The van der Waals surface area contributed by atoms with Gasteiger partial charge in [0.05, 0.1) is 12.0 Å². The molecule has 2 aromatic heterocycles. The summed E-state index contributed by atoms with van der Waals surface area (Å²) in [6.45, 7) is 0.500. The lowest BCUT2D eigenvalue weighted by Crippen LogP contribution is -2.16. The van der Waals surface area contributed by atoms with E-state index >= 15 is 0 Å². The molecule has 1 amide bonds. The molecule has 0 radical (unpaired) electrons. The zero-order valence-corrected chi connectivity index (χ0v) is 16.7. The van der Waals surface area contributed by atoms with E-state index in [1.165, 1.54) is 16.9 Å². The third-order valence-corrected chi connectivity index (χ3v) is 6.17. The first-order valence-corrected chi connectivity index (χ1v) is 10.4. The number of amides is 1. The third-order valence-electron chi connectivity index (χ3n) is 4.98. The Labute approximate surface area is 167 Å². The molecule has 1 aromatic carbocycles. The second kappa shape index (κ2) is 8.24. The van der Waals surface area contributed by atoms with Crippen molar-refractivity contribution >= 4 is 33.1 Å². The Balaban J connectivity index is 1.44. The first-order chi connectivity index (χ1) is 13.6. The summed E-state index contributed by atoms with van der Waals surface area (Å²) in [6, 6.07) is 7.57. The zero-order chi connectivity index (χ0) is 19.5. The van der Waals surface area contributed by atoms with E-state index < -0.39 is 0 Å². The molecular formula is C21H23N3O3S. The maximum atomic E-state index is 12.6. The number of fused-ring (bicyclic) bond motifs is 3. The minimum Gasteiger partial charge on any atom is -0.380 e. The van der Waals surface area contributed by atoms with Gasteiger partial charge in [0.1, 0.15) is 10.7 Å². The average Bonchev–Trinajstić information content (AvgIpc) is 3.06. The summed E-state index contributed by atoms with van der Waals surface area (Å²) in [5.74, 6) is 0.460. The van der Waals surface area contributed by atoms with Gasteiger partial charge in [-0.25, -0.2) is 4.98 Å². The molecule has 4 rings (SSSR count). The van der Waals surface area contributed by atoms with Crippen molar-refractivity contribution in [1.82, 2.24) is 9.97 Å². The maximum absolute atomic E-state index is 12.6. The van der Waals surface area contributed by atoms with Gasteiger partial charge in [-0.2, -0.15) is 0 Å². The smallest absolute Gasteiger partial charge is 0.259 e. The molecular weight excluding hydrogens is 374 g/mol. The van der Waals surface area contributed by atoms with Crippen molar-refractivity contribution in [3.05, 3.63) is 56.4 Å². The summed E-state index contributed by atoms with van der Waals surface area (Å²) in [4.78, 5) is 34.5. The lowest BCUT2D eigenvalue weighted by molar-refractivity contribution is -0.116. The Kier molecular flexibility index (Phi) is 5.54. The van der Waals surface area contributed by atoms with Crippen LogP contribution in [0.15, 0.2) is 29.1 Å². The van der Waals surface area contributed by atoms with Gasteiger partial charge in [0.15, 0.2) is 0 Å². The molecule has 0 spiro atoms. The summed E-state index contributed by atoms with van der Waals surface area (Å²) in [5, 5.41) is 3.64. The molecule has 0 atom stereocenters. The first kappa shape index (κ1) is 18.8. The molecule has 0 bridgehead atoms. The summed E-state index contributed by atoms with van der Waals surface area (Å²) < 4.78 is 5.12. The minimum absolute atomic E-state index is 0.0768. The molecule has 1 aliphatic rings. The van der Waals surface area contributed by atoms with E-state index in [1.54, 1.807) is 18.4 Å². The molecule has 0 unspecified atom stereocenters. The second-order valence-corrected chi connectivity index (χ2v) is 8.17. The highest BCUT2D eigenvalue weighted by atomic mass is 32.1. The lowest BCUT2D eigenvalue weighted by Gasteiger charge is -2.09. The van der Waals surface area contributed by atoms with Crippen LogP contribution in [0.5, 0.6) is 0 Å². The van der Waals surface area contributed by atoms with E-state index in [4.69, 9.17) is 4.74 Å². The van der Waals surface area contributed by atoms with E-state index in [1.807, 2.05) is 24.3 Å². The standard InChI is InChI=1S/C21H23N3O3S/c1-27-12-13-5-4-6-14(11-13)22-18(25)10-9-17-23-20(26)19-15-7-2-3-8-16(15)28-21(19)24-17/h4-6,11H,2-3,7-10,12H2,1H3,(H,22,25)(H,23,24,26). The number of anilines is 1. The van der Waals surface area contributed by atoms with Crippen LogP contribution in [-0.4, -0.2) is 23.0 Å². The summed E-state index contributed by atoms with van der Waals surface area (Å²) >= 11 is 1.63. The van der Waals surface area contributed by atoms with Crippen LogP contribution in [-0.2, 0) is 35.4 Å².